The van der Waals surface area contributed by atoms with Crippen LogP contribution in [0.25, 0.3) is 0 Å². The lowest BCUT2D eigenvalue weighted by Crippen LogP contribution is -2.39. The predicted octanol–water partition coefficient (Wildman–Crippen LogP) is 3.00. The van der Waals surface area contributed by atoms with Crippen molar-refractivity contribution < 1.29 is 4.39 Å². The molecule has 1 nitrogen and oxygen atoms in total. The van der Waals surface area contributed by atoms with Crippen LogP contribution in [0.2, 0.25) is 0 Å². The first kappa shape index (κ1) is 10.1. The minimum absolute atomic E-state index is 0.439. The van der Waals surface area contributed by atoms with Gasteiger partial charge in [0.1, 0.15) is 5.67 Å². The highest BCUT2D eigenvalue weighted by atomic mass is 79.9. The molecule has 1 unspecified atom stereocenters. The summed E-state index contributed by atoms with van der Waals surface area (Å²) in [5.41, 5.74) is -0.383. The lowest BCUT2D eigenvalue weighted by Gasteiger charge is -2.30. The van der Waals surface area contributed by atoms with E-state index in [0.717, 1.165) is 23.0 Å². The summed E-state index contributed by atoms with van der Waals surface area (Å²) in [6, 6.07) is 7.50. The van der Waals surface area contributed by atoms with Crippen LogP contribution in [0.15, 0.2) is 28.7 Å². The quantitative estimate of drug-likeness (QED) is 0.816. The van der Waals surface area contributed by atoms with Crippen LogP contribution in [0.1, 0.15) is 18.4 Å². The van der Waals surface area contributed by atoms with Crippen molar-refractivity contribution >= 4 is 15.9 Å². The van der Waals surface area contributed by atoms with E-state index in [2.05, 4.69) is 21.2 Å². The number of hydrogen-bond acceptors (Lipinski definition) is 1. The molecule has 1 aliphatic heterocycles. The Morgan fingerprint density at radius 3 is 2.57 bits per heavy atom. The fourth-order valence-electron chi connectivity index (χ4n) is 1.86. The van der Waals surface area contributed by atoms with Crippen molar-refractivity contribution in [3.63, 3.8) is 0 Å². The summed E-state index contributed by atoms with van der Waals surface area (Å²) in [5.74, 6) is 0. The van der Waals surface area contributed by atoms with Crippen LogP contribution in [-0.4, -0.2) is 13.1 Å². The maximum absolute atomic E-state index is 14.4. The fourth-order valence-corrected chi connectivity index (χ4v) is 2.13. The summed E-state index contributed by atoms with van der Waals surface area (Å²) in [6.45, 7) is 1.37. The fraction of sp³-hybridized carbons (Fsp3) is 0.455. The molecule has 76 valence electrons. The number of piperidine rings is 1. The number of nitrogens with one attached hydrogen (secondary N) is 1. The Bertz CT molecular complexity index is 304. The number of hydrogen-bond donors (Lipinski definition) is 1. The molecule has 0 bridgehead atoms. The van der Waals surface area contributed by atoms with Crippen LogP contribution < -0.4 is 5.32 Å². The van der Waals surface area contributed by atoms with Crippen molar-refractivity contribution in [3.8, 4) is 0 Å². The molecule has 0 amide bonds. The van der Waals surface area contributed by atoms with Crippen LogP contribution in [-0.2, 0) is 5.67 Å². The molecule has 0 aliphatic carbocycles. The highest BCUT2D eigenvalue weighted by Crippen LogP contribution is 2.33. The second-order valence-corrected chi connectivity index (χ2v) is 4.67. The zero-order chi connectivity index (χ0) is 10.0. The highest BCUT2D eigenvalue weighted by molar-refractivity contribution is 9.10. The lowest BCUT2D eigenvalue weighted by molar-refractivity contribution is 0.122. The Morgan fingerprint density at radius 1 is 1.29 bits per heavy atom. The van der Waals surface area contributed by atoms with Gasteiger partial charge >= 0.3 is 0 Å². The molecule has 0 saturated carbocycles. The minimum atomic E-state index is -1.17. The molecule has 1 N–H and O–H groups in total. The molecule has 2 rings (SSSR count). The van der Waals surface area contributed by atoms with Gasteiger partial charge in [0.2, 0.25) is 0 Å². The zero-order valence-electron chi connectivity index (χ0n) is 7.89. The summed E-state index contributed by atoms with van der Waals surface area (Å²) < 4.78 is 15.4. The van der Waals surface area contributed by atoms with Crippen LogP contribution in [0, 0.1) is 0 Å². The third-order valence-electron chi connectivity index (χ3n) is 2.69. The topological polar surface area (TPSA) is 12.0 Å². The smallest absolute Gasteiger partial charge is 0.148 e. The molecule has 1 aromatic rings. The maximum atomic E-state index is 14.4. The average molecular weight is 258 g/mol. The second-order valence-electron chi connectivity index (χ2n) is 3.75. The molecule has 0 aromatic heterocycles. The Hall–Kier alpha value is -0.410. The van der Waals surface area contributed by atoms with E-state index in [0.29, 0.717) is 13.0 Å². The van der Waals surface area contributed by atoms with Gasteiger partial charge in [0.15, 0.2) is 0 Å². The van der Waals surface area contributed by atoms with Gasteiger partial charge in [0, 0.05) is 11.0 Å². The van der Waals surface area contributed by atoms with E-state index in [4.69, 9.17) is 0 Å². The molecule has 1 aliphatic rings. The highest BCUT2D eigenvalue weighted by Gasteiger charge is 2.33. The van der Waals surface area contributed by atoms with Gasteiger partial charge in [-0.3, -0.25) is 0 Å². The predicted molar refractivity (Wildman–Crippen MR) is 59.0 cm³/mol. The van der Waals surface area contributed by atoms with E-state index in [1.54, 1.807) is 0 Å². The molecule has 1 atom stereocenters. The summed E-state index contributed by atoms with van der Waals surface area (Å²) >= 11 is 3.35. The molecule has 1 fully saturated rings. The minimum Gasteiger partial charge on any atom is -0.313 e. The van der Waals surface area contributed by atoms with E-state index >= 15 is 0 Å². The van der Waals surface area contributed by atoms with E-state index in [1.807, 2.05) is 24.3 Å². The van der Waals surface area contributed by atoms with Gasteiger partial charge in [-0.15, -0.1) is 0 Å². The van der Waals surface area contributed by atoms with Gasteiger partial charge in [-0.2, -0.15) is 0 Å². The monoisotopic (exact) mass is 257 g/mol. The van der Waals surface area contributed by atoms with E-state index in [1.165, 1.54) is 0 Å². The Labute approximate surface area is 91.8 Å². The SMILES string of the molecule is FC1(c2ccc(Br)cc2)CCCNC1. The lowest BCUT2D eigenvalue weighted by atomic mass is 9.88. The van der Waals surface area contributed by atoms with E-state index in [-0.39, 0.29) is 0 Å². The van der Waals surface area contributed by atoms with Crippen LogP contribution in [0.4, 0.5) is 4.39 Å². The summed E-state index contributed by atoms with van der Waals surface area (Å²) in [7, 11) is 0. The van der Waals surface area contributed by atoms with Gasteiger partial charge in [-0.25, -0.2) is 4.39 Å². The first-order chi connectivity index (χ1) is 6.71. The standard InChI is InChI=1S/C11H13BrFN/c12-10-4-2-9(3-5-10)11(13)6-1-7-14-8-11/h2-5,14H,1,6-8H2. The number of alkyl halides is 1. The average Bonchev–Trinajstić information content (AvgIpc) is 2.19. The van der Waals surface area contributed by atoms with Crippen molar-refractivity contribution in [2.45, 2.75) is 18.5 Å². The molecule has 1 heterocycles. The molecule has 3 heteroatoms. The maximum Gasteiger partial charge on any atom is 0.148 e. The van der Waals surface area contributed by atoms with Crippen LogP contribution in [0.5, 0.6) is 0 Å². The molecule has 14 heavy (non-hydrogen) atoms. The summed E-state index contributed by atoms with van der Waals surface area (Å²) in [5, 5.41) is 3.10. The third-order valence-corrected chi connectivity index (χ3v) is 3.22. The molecule has 1 aromatic carbocycles. The van der Waals surface area contributed by atoms with Gasteiger partial charge < -0.3 is 5.32 Å². The second kappa shape index (κ2) is 3.99. The Balaban J connectivity index is 2.23. The van der Waals surface area contributed by atoms with Crippen molar-refractivity contribution in [3.05, 3.63) is 34.3 Å². The van der Waals surface area contributed by atoms with Crippen LogP contribution >= 0.6 is 15.9 Å². The number of rotatable bonds is 1. The third kappa shape index (κ3) is 1.98. The molecule has 1 saturated heterocycles. The first-order valence-electron chi connectivity index (χ1n) is 4.86. The van der Waals surface area contributed by atoms with Crippen molar-refractivity contribution in [2.75, 3.05) is 13.1 Å². The van der Waals surface area contributed by atoms with Crippen molar-refractivity contribution in [2.24, 2.45) is 0 Å². The molecular formula is C11H13BrFN. The van der Waals surface area contributed by atoms with Crippen molar-refractivity contribution in [1.29, 1.82) is 0 Å². The number of halogens is 2. The summed E-state index contributed by atoms with van der Waals surface area (Å²) in [4.78, 5) is 0. The van der Waals surface area contributed by atoms with Gasteiger partial charge in [-0.1, -0.05) is 28.1 Å². The first-order valence-corrected chi connectivity index (χ1v) is 5.66. The van der Waals surface area contributed by atoms with E-state index in [9.17, 15) is 4.39 Å². The molecule has 0 spiro atoms. The Morgan fingerprint density at radius 2 is 2.00 bits per heavy atom. The van der Waals surface area contributed by atoms with Gasteiger partial charge in [0.25, 0.3) is 0 Å². The molecular weight excluding hydrogens is 245 g/mol. The molecule has 0 radical (unpaired) electrons. The zero-order valence-corrected chi connectivity index (χ0v) is 9.48. The number of benzene rings is 1. The van der Waals surface area contributed by atoms with Crippen molar-refractivity contribution in [1.82, 2.24) is 5.32 Å². The van der Waals surface area contributed by atoms with E-state index < -0.39 is 5.67 Å². The largest absolute Gasteiger partial charge is 0.313 e. The Kier molecular flexibility index (Phi) is 2.88. The normalized spacial score (nSPS) is 27.6. The van der Waals surface area contributed by atoms with Crippen LogP contribution in [0.3, 0.4) is 0 Å². The van der Waals surface area contributed by atoms with Gasteiger partial charge in [-0.05, 0) is 37.1 Å². The van der Waals surface area contributed by atoms with Gasteiger partial charge in [0.05, 0.1) is 0 Å². The summed E-state index contributed by atoms with van der Waals surface area (Å²) in [6.07, 6.45) is 1.54.